The quantitative estimate of drug-likeness (QED) is 0.0132. The van der Waals surface area contributed by atoms with Gasteiger partial charge in [-0.25, -0.2) is 0 Å². The van der Waals surface area contributed by atoms with Gasteiger partial charge in [0.1, 0.15) is 43.2 Å². The molecule has 0 aromatic carbocycles. The van der Waals surface area contributed by atoms with Crippen LogP contribution in [0.5, 0.6) is 0 Å². The van der Waals surface area contributed by atoms with E-state index in [2.05, 4.69) is 48.8 Å². The van der Waals surface area contributed by atoms with Gasteiger partial charge in [0.05, 0.1) is 6.61 Å². The van der Waals surface area contributed by atoms with Crippen molar-refractivity contribution in [3.05, 3.63) is 48.6 Å². The zero-order valence-corrected chi connectivity index (χ0v) is 42.2. The summed E-state index contributed by atoms with van der Waals surface area (Å²) in [5.74, 6) is -1.32. The van der Waals surface area contributed by atoms with E-state index in [1.807, 2.05) is 18.2 Å². The highest BCUT2D eigenvalue weighted by molar-refractivity contribution is 7.46. The molecule has 0 spiro atoms. The summed E-state index contributed by atoms with van der Waals surface area (Å²) in [6.07, 6.45) is 25.7. The van der Waals surface area contributed by atoms with Crippen LogP contribution in [-0.4, -0.2) is 93.2 Å². The fourth-order valence-corrected chi connectivity index (χ4v) is 8.46. The molecule has 0 aromatic heterocycles. The summed E-state index contributed by atoms with van der Waals surface area (Å²) in [5.41, 5.74) is 0. The Balaban J connectivity index is 0. The number of esters is 2. The first-order valence-corrected chi connectivity index (χ1v) is 26.6. The molecule has 0 heterocycles. The van der Waals surface area contributed by atoms with E-state index >= 15 is 0 Å². The number of quaternary nitrogens is 2. The molecule has 388 valence electrons. The maximum atomic E-state index is 12.8. The Bertz CT molecular complexity index is 1440. The average Bonchev–Trinajstić information content (AvgIpc) is 3.25. The summed E-state index contributed by atoms with van der Waals surface area (Å²) in [6.45, 7) is 2.92. The zero-order chi connectivity index (χ0) is 47.5. The number of phosphoric ester groups is 2. The lowest BCUT2D eigenvalue weighted by molar-refractivity contribution is -0.271. The highest BCUT2D eigenvalue weighted by Crippen LogP contribution is 2.45. The smallest absolute Gasteiger partial charge is 0.306 e. The Hall–Kier alpha value is -2.12. The molecule has 1 aliphatic carbocycles. The van der Waals surface area contributed by atoms with Crippen LogP contribution in [-0.2, 0) is 41.8 Å². The van der Waals surface area contributed by atoms with E-state index in [1.165, 1.54) is 77.0 Å². The maximum Gasteiger partial charge on any atom is 0.306 e. The molecule has 18 nitrogen and oxygen atoms in total. The number of aliphatic hydroxyl groups excluding tert-OH is 4. The van der Waals surface area contributed by atoms with Gasteiger partial charge in [0.2, 0.25) is 0 Å². The van der Waals surface area contributed by atoms with Gasteiger partial charge in [-0.05, 0) is 51.4 Å². The Morgan fingerprint density at radius 1 is 0.530 bits per heavy atom. The van der Waals surface area contributed by atoms with E-state index in [0.29, 0.717) is 19.3 Å². The van der Waals surface area contributed by atoms with Crippen LogP contribution in [0, 0.1) is 0 Å². The van der Waals surface area contributed by atoms with E-state index in [9.17, 15) is 48.9 Å². The minimum atomic E-state index is -5.63. The van der Waals surface area contributed by atoms with Crippen LogP contribution in [0.4, 0.5) is 0 Å². The lowest BCUT2D eigenvalue weighted by atomic mass is 9.85. The summed E-state index contributed by atoms with van der Waals surface area (Å²) < 4.78 is 48.6. The molecule has 0 aromatic rings. The zero-order valence-electron chi connectivity index (χ0n) is 40.4. The number of phosphoric acid groups is 2. The lowest BCUT2D eigenvalue weighted by Crippen LogP contribution is -2.64. The first-order valence-electron chi connectivity index (χ1n) is 23.6. The van der Waals surface area contributed by atoms with E-state index in [1.54, 1.807) is 0 Å². The third-order valence-electron chi connectivity index (χ3n) is 10.6. The van der Waals surface area contributed by atoms with Crippen LogP contribution >= 0.6 is 15.6 Å². The average molecular weight is 987 g/mol. The standard InChI is InChI=1S/C46H82O16P2.2H3N/c1-3-5-7-9-11-13-15-17-19-20-21-23-25-27-29-31-33-35-40(48)60-38(36-58-39(47)34-32-30-28-26-24-22-18-16-14-12-10-8-6-4-2)37-59-64(56,57)62-46-43(51)41(49)42(50)45(44(46)52)61-63(53,54)55;;/h11,13,17,19,21,23,27,29,38,41-46,49-52H,3-10,12,14-16,18,20,22,24-26,28,30-37H2,1-2H3,(H,56,57)(H2,53,54,55);2*1H3/b13-11-,19-17-,23-21-,29-27-;;/t38-,41?,42?,43?,44?,45-,46+;;/m1../s1. The molecule has 66 heavy (non-hydrogen) atoms. The number of hydrogen-bond acceptors (Lipinski definition) is 15. The highest BCUT2D eigenvalue weighted by Gasteiger charge is 2.52. The summed E-state index contributed by atoms with van der Waals surface area (Å²) in [6, 6.07) is 0. The molecule has 13 N–H and O–H groups in total. The van der Waals surface area contributed by atoms with Crippen molar-refractivity contribution < 1.29 is 76.9 Å². The molecular formula is C46H88N2O16P2. The van der Waals surface area contributed by atoms with Gasteiger partial charge in [0, 0.05) is 12.8 Å². The van der Waals surface area contributed by atoms with Crippen molar-refractivity contribution >= 4 is 27.6 Å². The fourth-order valence-electron chi connectivity index (χ4n) is 6.95. The number of unbranched alkanes of at least 4 members (excludes halogenated alkanes) is 17. The lowest BCUT2D eigenvalue weighted by Gasteiger charge is -2.45. The van der Waals surface area contributed by atoms with Crippen molar-refractivity contribution in [1.82, 2.24) is 12.3 Å². The summed E-state index contributed by atoms with van der Waals surface area (Å²) in [4.78, 5) is 58.5. The molecule has 1 fully saturated rings. The molecule has 0 bridgehead atoms. The van der Waals surface area contributed by atoms with E-state index in [4.69, 9.17) is 23.4 Å². The summed E-state index contributed by atoms with van der Waals surface area (Å²) in [7, 11) is -11.2. The van der Waals surface area contributed by atoms with Crippen LogP contribution in [0.25, 0.3) is 0 Å². The third-order valence-corrected chi connectivity index (χ3v) is 12.1. The molecule has 1 saturated carbocycles. The normalized spacial score (nSPS) is 22.3. The maximum absolute atomic E-state index is 12.8. The van der Waals surface area contributed by atoms with Crippen molar-refractivity contribution in [2.75, 3.05) is 13.2 Å². The Labute approximate surface area is 394 Å². The Morgan fingerprint density at radius 3 is 1.42 bits per heavy atom. The van der Waals surface area contributed by atoms with Crippen LogP contribution in [0.3, 0.4) is 0 Å². The van der Waals surface area contributed by atoms with Gasteiger partial charge in [-0.3, -0.25) is 18.7 Å². The minimum absolute atomic E-state index is 0. The van der Waals surface area contributed by atoms with Crippen LogP contribution < -0.4 is 22.1 Å². The number of rotatable bonds is 39. The minimum Gasteiger partial charge on any atom is -0.756 e. The van der Waals surface area contributed by atoms with E-state index < -0.39 is 83.5 Å². The predicted octanol–water partition coefficient (Wildman–Crippen LogP) is 8.38. The monoisotopic (exact) mass is 987 g/mol. The second kappa shape index (κ2) is 40.7. The Morgan fingerprint density at radius 2 is 0.939 bits per heavy atom. The molecule has 1 rings (SSSR count). The molecule has 0 aliphatic heterocycles. The van der Waals surface area contributed by atoms with Crippen molar-refractivity contribution in [3.8, 4) is 0 Å². The number of carbonyl (C=O) groups excluding carboxylic acids is 2. The SMILES string of the molecule is CCCCC/C=C\C/C=C\C/C=C\C/C=C\CCCC(=O)O[C@H](COC(=O)CCCCCCCCCCCCCCCC)COP(=O)([O-])O[C@H]1C(O)C(O)C(O)[C@@H](OP(=O)([O-])O)C1O.[NH4+].[NH4+]. The summed E-state index contributed by atoms with van der Waals surface area (Å²) in [5, 5.41) is 41.0. The van der Waals surface area contributed by atoms with Gasteiger partial charge >= 0.3 is 11.9 Å². The van der Waals surface area contributed by atoms with E-state index in [-0.39, 0.29) is 25.1 Å². The second-order valence-corrected chi connectivity index (χ2v) is 18.9. The number of carbonyl (C=O) groups is 2. The van der Waals surface area contributed by atoms with Crippen LogP contribution in [0.2, 0.25) is 0 Å². The Kier molecular flexibility index (Phi) is 40.7. The molecule has 0 radical (unpaired) electrons. The molecule has 0 saturated heterocycles. The predicted molar refractivity (Wildman–Crippen MR) is 253 cm³/mol. The molecule has 1 aliphatic rings. The number of allylic oxidation sites excluding steroid dienone is 8. The molecule has 6 unspecified atom stereocenters. The van der Waals surface area contributed by atoms with Crippen molar-refractivity contribution in [2.45, 2.75) is 217 Å². The van der Waals surface area contributed by atoms with Gasteiger partial charge in [0.15, 0.2) is 6.10 Å². The molecule has 20 heteroatoms. The van der Waals surface area contributed by atoms with Gasteiger partial charge in [-0.1, -0.05) is 159 Å². The van der Waals surface area contributed by atoms with Gasteiger partial charge < -0.3 is 70.5 Å². The van der Waals surface area contributed by atoms with Crippen LogP contribution in [0.1, 0.15) is 174 Å². The molecule has 9 atom stereocenters. The number of hydrogen-bond donors (Lipinski definition) is 7. The largest absolute Gasteiger partial charge is 0.756 e. The first kappa shape index (κ1) is 66.0. The van der Waals surface area contributed by atoms with Gasteiger partial charge in [-0.2, -0.15) is 0 Å². The molecular weight excluding hydrogens is 898 g/mol. The number of ether oxygens (including phenoxy) is 2. The topological polar surface area (TPSA) is 335 Å². The van der Waals surface area contributed by atoms with Crippen molar-refractivity contribution in [2.24, 2.45) is 0 Å². The van der Waals surface area contributed by atoms with Crippen molar-refractivity contribution in [3.63, 3.8) is 0 Å². The van der Waals surface area contributed by atoms with Gasteiger partial charge in [-0.15, -0.1) is 0 Å². The van der Waals surface area contributed by atoms with Gasteiger partial charge in [0.25, 0.3) is 15.6 Å². The summed E-state index contributed by atoms with van der Waals surface area (Å²) >= 11 is 0. The van der Waals surface area contributed by atoms with Crippen LogP contribution in [0.15, 0.2) is 48.6 Å². The first-order chi connectivity index (χ1) is 30.6. The highest BCUT2D eigenvalue weighted by atomic mass is 31.2. The fraction of sp³-hybridized carbons (Fsp3) is 0.783. The second-order valence-electron chi connectivity index (χ2n) is 16.4. The number of aliphatic hydroxyl groups is 4. The molecule has 0 amide bonds. The third kappa shape index (κ3) is 34.2. The van der Waals surface area contributed by atoms with Crippen molar-refractivity contribution in [1.29, 1.82) is 0 Å². The van der Waals surface area contributed by atoms with E-state index in [0.717, 1.165) is 51.4 Å².